The molecule has 66 valence electrons. The van der Waals surface area contributed by atoms with E-state index in [-0.39, 0.29) is 0 Å². The predicted molar refractivity (Wildman–Crippen MR) is 48.9 cm³/mol. The largest absolute Gasteiger partial charge is 0.224 e. The van der Waals surface area contributed by atoms with Crippen molar-refractivity contribution in [2.45, 2.75) is 18.2 Å². The molecule has 1 aromatic rings. The van der Waals surface area contributed by atoms with E-state index in [1.165, 1.54) is 6.26 Å². The predicted octanol–water partition coefficient (Wildman–Crippen LogP) is 1.65. The second kappa shape index (κ2) is 3.27. The first-order valence-corrected chi connectivity index (χ1v) is 5.72. The molecule has 0 heterocycles. The topological polar surface area (TPSA) is 34.1 Å². The summed E-state index contributed by atoms with van der Waals surface area (Å²) in [6, 6.07) is 6.98. The van der Waals surface area contributed by atoms with Crippen LogP contribution in [-0.2, 0) is 16.3 Å². The van der Waals surface area contributed by atoms with Gasteiger partial charge in [-0.25, -0.2) is 8.42 Å². The second-order valence-electron chi connectivity index (χ2n) is 2.77. The molecule has 0 atom stereocenters. The van der Waals surface area contributed by atoms with E-state index in [1.54, 1.807) is 12.1 Å². The summed E-state index contributed by atoms with van der Waals surface area (Å²) in [7, 11) is -3.03. The molecule has 0 aliphatic rings. The van der Waals surface area contributed by atoms with Crippen molar-refractivity contribution in [3.8, 4) is 0 Å². The van der Waals surface area contributed by atoms with Crippen LogP contribution in [0.25, 0.3) is 0 Å². The Hall–Kier alpha value is -0.830. The first kappa shape index (κ1) is 9.26. The normalized spacial score (nSPS) is 11.5. The monoisotopic (exact) mass is 184 g/mol. The van der Waals surface area contributed by atoms with Crippen molar-refractivity contribution in [3.63, 3.8) is 0 Å². The Morgan fingerprint density at radius 1 is 1.17 bits per heavy atom. The van der Waals surface area contributed by atoms with Gasteiger partial charge in [0.05, 0.1) is 4.90 Å². The fourth-order valence-electron chi connectivity index (χ4n) is 0.972. The van der Waals surface area contributed by atoms with Crippen LogP contribution in [0.1, 0.15) is 12.5 Å². The van der Waals surface area contributed by atoms with Crippen molar-refractivity contribution < 1.29 is 8.42 Å². The fourth-order valence-corrected chi connectivity index (χ4v) is 1.60. The minimum atomic E-state index is -3.03. The molecule has 0 bridgehead atoms. The lowest BCUT2D eigenvalue weighted by Crippen LogP contribution is -1.96. The van der Waals surface area contributed by atoms with Gasteiger partial charge in [0.15, 0.2) is 9.84 Å². The summed E-state index contributed by atoms with van der Waals surface area (Å²) in [5.74, 6) is 0. The Bertz CT molecular complexity index is 349. The SMILES string of the molecule is CCc1ccc(S(C)(=O)=O)cc1. The molecule has 1 rings (SSSR count). The Morgan fingerprint density at radius 2 is 1.67 bits per heavy atom. The van der Waals surface area contributed by atoms with Crippen molar-refractivity contribution in [2.24, 2.45) is 0 Å². The van der Waals surface area contributed by atoms with E-state index in [2.05, 4.69) is 0 Å². The molecule has 0 amide bonds. The van der Waals surface area contributed by atoms with Crippen LogP contribution in [0.3, 0.4) is 0 Å². The summed E-state index contributed by atoms with van der Waals surface area (Å²) in [4.78, 5) is 0.389. The Labute approximate surface area is 73.2 Å². The van der Waals surface area contributed by atoms with Gasteiger partial charge in [0.1, 0.15) is 0 Å². The molecule has 1 aromatic carbocycles. The zero-order valence-corrected chi connectivity index (χ0v) is 8.06. The van der Waals surface area contributed by atoms with Gasteiger partial charge < -0.3 is 0 Å². The summed E-state index contributed by atoms with van der Waals surface area (Å²) < 4.78 is 22.1. The van der Waals surface area contributed by atoms with E-state index in [9.17, 15) is 8.42 Å². The Balaban J connectivity index is 3.09. The van der Waals surface area contributed by atoms with Crippen LogP contribution in [0.15, 0.2) is 29.2 Å². The number of sulfone groups is 1. The molecule has 3 heteroatoms. The Morgan fingerprint density at radius 3 is 2.00 bits per heavy atom. The summed E-state index contributed by atoms with van der Waals surface area (Å²) in [5.41, 5.74) is 1.16. The average molecular weight is 184 g/mol. The van der Waals surface area contributed by atoms with Crippen LogP contribution in [0, 0.1) is 0 Å². The Kier molecular flexibility index (Phi) is 2.52. The lowest BCUT2D eigenvalue weighted by Gasteiger charge is -1.99. The van der Waals surface area contributed by atoms with Crippen LogP contribution in [0.4, 0.5) is 0 Å². The van der Waals surface area contributed by atoms with E-state index >= 15 is 0 Å². The molecule has 0 fully saturated rings. The number of rotatable bonds is 2. The quantitative estimate of drug-likeness (QED) is 0.700. The highest BCUT2D eigenvalue weighted by molar-refractivity contribution is 7.90. The van der Waals surface area contributed by atoms with E-state index in [0.29, 0.717) is 4.90 Å². The summed E-state index contributed by atoms with van der Waals surface area (Å²) in [6.45, 7) is 2.04. The lowest BCUT2D eigenvalue weighted by molar-refractivity contribution is 0.602. The highest BCUT2D eigenvalue weighted by Crippen LogP contribution is 2.10. The van der Waals surface area contributed by atoms with Gasteiger partial charge in [-0.05, 0) is 24.1 Å². The maximum atomic E-state index is 11.0. The molecular formula is C9H12O2S. The van der Waals surface area contributed by atoms with E-state index in [4.69, 9.17) is 0 Å². The van der Waals surface area contributed by atoms with Crippen LogP contribution >= 0.6 is 0 Å². The average Bonchev–Trinajstić information content (AvgIpc) is 2.03. The van der Waals surface area contributed by atoms with Crippen molar-refractivity contribution in [1.29, 1.82) is 0 Å². The first-order chi connectivity index (χ1) is 5.54. The molecule has 0 saturated carbocycles. The third-order valence-corrected chi connectivity index (χ3v) is 2.89. The molecule has 0 N–H and O–H groups in total. The zero-order valence-electron chi connectivity index (χ0n) is 7.24. The molecule has 0 unspecified atom stereocenters. The first-order valence-electron chi connectivity index (χ1n) is 3.83. The summed E-state index contributed by atoms with van der Waals surface area (Å²) in [5, 5.41) is 0. The van der Waals surface area contributed by atoms with Crippen LogP contribution in [-0.4, -0.2) is 14.7 Å². The second-order valence-corrected chi connectivity index (χ2v) is 4.79. The molecule has 0 saturated heterocycles. The molecule has 0 aliphatic carbocycles. The van der Waals surface area contributed by atoms with Gasteiger partial charge in [-0.15, -0.1) is 0 Å². The van der Waals surface area contributed by atoms with Gasteiger partial charge in [-0.2, -0.15) is 0 Å². The maximum Gasteiger partial charge on any atom is 0.175 e. The molecule has 2 nitrogen and oxygen atoms in total. The smallest absolute Gasteiger partial charge is 0.175 e. The fraction of sp³-hybridized carbons (Fsp3) is 0.333. The van der Waals surface area contributed by atoms with Gasteiger partial charge >= 0.3 is 0 Å². The zero-order chi connectivity index (χ0) is 9.19. The summed E-state index contributed by atoms with van der Waals surface area (Å²) >= 11 is 0. The van der Waals surface area contributed by atoms with Gasteiger partial charge in [-0.3, -0.25) is 0 Å². The van der Waals surface area contributed by atoms with Gasteiger partial charge in [0, 0.05) is 6.26 Å². The lowest BCUT2D eigenvalue weighted by atomic mass is 10.2. The number of benzene rings is 1. The highest BCUT2D eigenvalue weighted by atomic mass is 32.2. The van der Waals surface area contributed by atoms with E-state index in [0.717, 1.165) is 12.0 Å². The van der Waals surface area contributed by atoms with Crippen molar-refractivity contribution in [1.82, 2.24) is 0 Å². The van der Waals surface area contributed by atoms with Crippen LogP contribution in [0.5, 0.6) is 0 Å². The van der Waals surface area contributed by atoms with Crippen LogP contribution in [0.2, 0.25) is 0 Å². The minimum absolute atomic E-state index is 0.389. The molecule has 0 radical (unpaired) electrons. The third kappa shape index (κ3) is 2.08. The maximum absolute atomic E-state index is 11.0. The molecule has 0 spiro atoms. The van der Waals surface area contributed by atoms with Crippen molar-refractivity contribution >= 4 is 9.84 Å². The van der Waals surface area contributed by atoms with Gasteiger partial charge in [0.2, 0.25) is 0 Å². The van der Waals surface area contributed by atoms with Crippen molar-refractivity contribution in [3.05, 3.63) is 29.8 Å². The number of hydrogen-bond donors (Lipinski definition) is 0. The summed E-state index contributed by atoms with van der Waals surface area (Å²) in [6.07, 6.45) is 2.15. The van der Waals surface area contributed by atoms with Gasteiger partial charge in [-0.1, -0.05) is 19.1 Å². The van der Waals surface area contributed by atoms with Gasteiger partial charge in [0.25, 0.3) is 0 Å². The molecule has 0 aromatic heterocycles. The highest BCUT2D eigenvalue weighted by Gasteiger charge is 2.04. The number of hydrogen-bond acceptors (Lipinski definition) is 2. The van der Waals surface area contributed by atoms with E-state index in [1.807, 2.05) is 19.1 Å². The molecule has 12 heavy (non-hydrogen) atoms. The number of aryl methyl sites for hydroxylation is 1. The molecule has 0 aliphatic heterocycles. The van der Waals surface area contributed by atoms with Crippen LogP contribution < -0.4 is 0 Å². The molecular weight excluding hydrogens is 172 g/mol. The third-order valence-electron chi connectivity index (χ3n) is 1.76. The van der Waals surface area contributed by atoms with E-state index < -0.39 is 9.84 Å². The van der Waals surface area contributed by atoms with Crippen molar-refractivity contribution in [2.75, 3.05) is 6.26 Å². The standard InChI is InChI=1S/C9H12O2S/c1-3-8-4-6-9(7-5-8)12(2,10)11/h4-7H,3H2,1-2H3. The minimum Gasteiger partial charge on any atom is -0.224 e.